The van der Waals surface area contributed by atoms with Crippen molar-refractivity contribution >= 4 is 35.2 Å². The normalized spacial score (nSPS) is 18.1. The van der Waals surface area contributed by atoms with Crippen LogP contribution in [0.4, 0.5) is 0 Å². The third-order valence-electron chi connectivity index (χ3n) is 1.69. The molecule has 0 saturated heterocycles. The molecule has 0 radical (unpaired) electrons. The number of nitrogens with zero attached hydrogens (tertiary/aromatic N) is 3. The lowest BCUT2D eigenvalue weighted by molar-refractivity contribution is 1.03. The zero-order chi connectivity index (χ0) is 12.7. The van der Waals surface area contributed by atoms with Crippen molar-refractivity contribution in [2.24, 2.45) is 38.4 Å². The molecule has 1 aliphatic rings. The Morgan fingerprint density at radius 1 is 1.29 bits per heavy atom. The predicted molar refractivity (Wildman–Crippen MR) is 73.4 cm³/mol. The van der Waals surface area contributed by atoms with Gasteiger partial charge in [-0.25, -0.2) is 0 Å². The maximum absolute atomic E-state index is 5.24. The van der Waals surface area contributed by atoms with E-state index in [-0.39, 0.29) is 17.0 Å². The molecule has 0 heterocycles. The number of hydrogen-bond acceptors (Lipinski definition) is 4. The number of thiocarbonyl (C=S) groups is 1. The van der Waals surface area contributed by atoms with Crippen molar-refractivity contribution in [1.29, 1.82) is 0 Å². The molecular weight excluding hydrogens is 238 g/mol. The monoisotopic (exact) mass is 251 g/mol. The van der Waals surface area contributed by atoms with E-state index in [1.807, 2.05) is 12.2 Å². The van der Waals surface area contributed by atoms with Gasteiger partial charge in [0.15, 0.2) is 5.11 Å². The number of rotatable bonds is 3. The van der Waals surface area contributed by atoms with Crippen molar-refractivity contribution in [2.45, 2.75) is 0 Å². The quantitative estimate of drug-likeness (QED) is 0.225. The molecule has 1 rings (SSSR count). The number of allylic oxidation sites excluding steroid dienone is 4. The molecule has 0 bridgehead atoms. The molecule has 0 aromatic carbocycles. The number of hydrazone groups is 1. The first kappa shape index (κ1) is 12.8. The number of guanidine groups is 1. The van der Waals surface area contributed by atoms with E-state index >= 15 is 0 Å². The average molecular weight is 251 g/mol. The van der Waals surface area contributed by atoms with Gasteiger partial charge in [0.2, 0.25) is 5.96 Å². The molecule has 0 aromatic heterocycles. The van der Waals surface area contributed by atoms with E-state index in [9.17, 15) is 0 Å². The first-order valence-corrected chi connectivity index (χ1v) is 5.10. The highest BCUT2D eigenvalue weighted by Gasteiger charge is 2.02. The third kappa shape index (κ3) is 5.42. The molecule has 0 fully saturated rings. The molecule has 0 atom stereocenters. The Labute approximate surface area is 104 Å². The van der Waals surface area contributed by atoms with Gasteiger partial charge in [-0.2, -0.15) is 10.2 Å². The lowest BCUT2D eigenvalue weighted by atomic mass is 10.0. The molecular formula is C9H13N7S. The summed E-state index contributed by atoms with van der Waals surface area (Å²) in [4.78, 5) is 0. The SMILES string of the molecule is NC(=S)NN=C1C=CC(/C=N/N=C(N)N)C=C1. The Bertz CT molecular complexity index is 413. The van der Waals surface area contributed by atoms with E-state index in [1.54, 1.807) is 18.4 Å². The maximum atomic E-state index is 5.24. The van der Waals surface area contributed by atoms with Gasteiger partial charge in [-0.1, -0.05) is 12.2 Å². The van der Waals surface area contributed by atoms with Crippen LogP contribution in [0.15, 0.2) is 39.6 Å². The second-order valence-electron chi connectivity index (χ2n) is 3.10. The lowest BCUT2D eigenvalue weighted by Gasteiger charge is -2.05. The highest BCUT2D eigenvalue weighted by molar-refractivity contribution is 7.80. The highest BCUT2D eigenvalue weighted by Crippen LogP contribution is 2.05. The Hall–Kier alpha value is -2.22. The fourth-order valence-electron chi connectivity index (χ4n) is 1.01. The molecule has 0 amide bonds. The average Bonchev–Trinajstić information content (AvgIpc) is 2.27. The van der Waals surface area contributed by atoms with Crippen LogP contribution in [0.3, 0.4) is 0 Å². The van der Waals surface area contributed by atoms with E-state index in [0.717, 1.165) is 0 Å². The van der Waals surface area contributed by atoms with Crippen LogP contribution >= 0.6 is 12.2 Å². The van der Waals surface area contributed by atoms with Crippen LogP contribution in [0.2, 0.25) is 0 Å². The standard InChI is InChI=1S/C9H13N7S/c10-8(11)15-13-5-6-1-3-7(4-2-6)14-16-9(12)17/h1-6H,(H4,10,11,15)(H3,12,16,17)/b13-5+,14-7?. The smallest absolute Gasteiger partial charge is 0.211 e. The minimum absolute atomic E-state index is 0.0295. The summed E-state index contributed by atoms with van der Waals surface area (Å²) >= 11 is 4.62. The minimum atomic E-state index is -0.0760. The molecule has 0 saturated carbocycles. The predicted octanol–water partition coefficient (Wildman–Crippen LogP) is -0.823. The number of nitrogens with one attached hydrogen (secondary N) is 1. The molecule has 90 valence electrons. The summed E-state index contributed by atoms with van der Waals surface area (Å²) in [6.45, 7) is 0. The van der Waals surface area contributed by atoms with Gasteiger partial charge >= 0.3 is 0 Å². The Balaban J connectivity index is 2.53. The Morgan fingerprint density at radius 2 is 1.94 bits per heavy atom. The van der Waals surface area contributed by atoms with Gasteiger partial charge in [-0.15, -0.1) is 5.10 Å². The van der Waals surface area contributed by atoms with Crippen LogP contribution < -0.4 is 22.6 Å². The minimum Gasteiger partial charge on any atom is -0.375 e. The summed E-state index contributed by atoms with van der Waals surface area (Å²) in [5.41, 5.74) is 18.7. The number of hydrogen-bond donors (Lipinski definition) is 4. The molecule has 7 N–H and O–H groups in total. The Kier molecular flexibility index (Phi) is 4.82. The van der Waals surface area contributed by atoms with E-state index in [4.69, 9.17) is 17.2 Å². The molecule has 0 aromatic rings. The Morgan fingerprint density at radius 3 is 2.47 bits per heavy atom. The van der Waals surface area contributed by atoms with E-state index in [0.29, 0.717) is 5.71 Å². The van der Waals surface area contributed by atoms with Gasteiger partial charge in [-0.3, -0.25) is 5.43 Å². The van der Waals surface area contributed by atoms with Crippen LogP contribution in [0, 0.1) is 5.92 Å². The van der Waals surface area contributed by atoms with Crippen molar-refractivity contribution in [3.05, 3.63) is 24.3 Å². The van der Waals surface area contributed by atoms with Gasteiger partial charge in [0.1, 0.15) is 0 Å². The van der Waals surface area contributed by atoms with Crippen LogP contribution in [-0.4, -0.2) is 23.0 Å². The van der Waals surface area contributed by atoms with Gasteiger partial charge in [0.25, 0.3) is 0 Å². The molecule has 17 heavy (non-hydrogen) atoms. The van der Waals surface area contributed by atoms with Crippen LogP contribution in [0.5, 0.6) is 0 Å². The van der Waals surface area contributed by atoms with Crippen molar-refractivity contribution in [1.82, 2.24) is 5.43 Å². The van der Waals surface area contributed by atoms with Crippen LogP contribution in [-0.2, 0) is 0 Å². The number of nitrogens with two attached hydrogens (primary N) is 3. The fourth-order valence-corrected chi connectivity index (χ4v) is 1.06. The summed E-state index contributed by atoms with van der Waals surface area (Å²) in [5.74, 6) is -0.0465. The first-order chi connectivity index (χ1) is 8.08. The van der Waals surface area contributed by atoms with Crippen molar-refractivity contribution in [3.63, 3.8) is 0 Å². The fraction of sp³-hybridized carbons (Fsp3) is 0.111. The van der Waals surface area contributed by atoms with Gasteiger partial charge in [0.05, 0.1) is 5.71 Å². The third-order valence-corrected chi connectivity index (χ3v) is 1.78. The summed E-state index contributed by atoms with van der Waals surface area (Å²) in [6.07, 6.45) is 8.97. The van der Waals surface area contributed by atoms with Gasteiger partial charge < -0.3 is 17.2 Å². The summed E-state index contributed by atoms with van der Waals surface area (Å²) in [5, 5.41) is 11.3. The van der Waals surface area contributed by atoms with Gasteiger partial charge in [0, 0.05) is 12.1 Å². The first-order valence-electron chi connectivity index (χ1n) is 4.69. The van der Waals surface area contributed by atoms with Crippen molar-refractivity contribution in [3.8, 4) is 0 Å². The molecule has 1 aliphatic carbocycles. The van der Waals surface area contributed by atoms with Crippen molar-refractivity contribution in [2.75, 3.05) is 0 Å². The second-order valence-corrected chi connectivity index (χ2v) is 3.54. The molecule has 0 unspecified atom stereocenters. The van der Waals surface area contributed by atoms with Crippen LogP contribution in [0.1, 0.15) is 0 Å². The summed E-state index contributed by atoms with van der Waals surface area (Å²) < 4.78 is 0. The van der Waals surface area contributed by atoms with E-state index in [2.05, 4.69) is 32.9 Å². The molecule has 8 heteroatoms. The molecule has 0 spiro atoms. The lowest BCUT2D eigenvalue weighted by Crippen LogP contribution is -2.25. The molecule has 7 nitrogen and oxygen atoms in total. The second kappa shape index (κ2) is 6.38. The zero-order valence-corrected chi connectivity index (χ0v) is 9.76. The highest BCUT2D eigenvalue weighted by atomic mass is 32.1. The van der Waals surface area contributed by atoms with Crippen molar-refractivity contribution < 1.29 is 0 Å². The topological polar surface area (TPSA) is 127 Å². The van der Waals surface area contributed by atoms with Crippen LogP contribution in [0.25, 0.3) is 0 Å². The van der Waals surface area contributed by atoms with E-state index < -0.39 is 0 Å². The van der Waals surface area contributed by atoms with E-state index in [1.165, 1.54) is 0 Å². The maximum Gasteiger partial charge on any atom is 0.211 e. The molecule has 0 aliphatic heterocycles. The summed E-state index contributed by atoms with van der Waals surface area (Å²) in [6, 6.07) is 0. The summed E-state index contributed by atoms with van der Waals surface area (Å²) in [7, 11) is 0. The largest absolute Gasteiger partial charge is 0.375 e. The zero-order valence-electron chi connectivity index (χ0n) is 8.95. The van der Waals surface area contributed by atoms with Gasteiger partial charge in [-0.05, 0) is 24.4 Å².